The second kappa shape index (κ2) is 6.58. The van der Waals surface area contributed by atoms with E-state index in [1.54, 1.807) is 22.7 Å². The number of thiazole rings is 2. The smallest absolute Gasteiger partial charge is 0.197 e. The number of nitrogen functional groups attached to an aromatic ring is 1. The van der Waals surface area contributed by atoms with Crippen molar-refractivity contribution in [2.45, 2.75) is 6.42 Å². The second-order valence-electron chi connectivity index (χ2n) is 5.33. The number of nitrogens with two attached hydrogens (primary N) is 1. The van der Waals surface area contributed by atoms with Gasteiger partial charge in [-0.05, 0) is 30.7 Å². The summed E-state index contributed by atoms with van der Waals surface area (Å²) in [6.07, 6.45) is 1.07. The van der Waals surface area contributed by atoms with Crippen molar-refractivity contribution < 1.29 is 0 Å². The van der Waals surface area contributed by atoms with Crippen LogP contribution < -0.4 is 16.4 Å². The minimum absolute atomic E-state index is 0.755. The van der Waals surface area contributed by atoms with Crippen LogP contribution in [0.25, 0.3) is 22.0 Å². The van der Waals surface area contributed by atoms with Crippen molar-refractivity contribution in [1.82, 2.24) is 15.3 Å². The molecule has 0 unspecified atom stereocenters. The molecule has 1 aromatic carbocycles. The van der Waals surface area contributed by atoms with Crippen LogP contribution in [-0.4, -0.2) is 29.0 Å². The van der Waals surface area contributed by atoms with Crippen LogP contribution in [0.15, 0.2) is 40.0 Å². The molecule has 0 saturated carbocycles. The molecule has 0 spiro atoms. The molecule has 0 atom stereocenters. The Kier molecular flexibility index (Phi) is 4.14. The standard InChI is InChI=1S/C16H16N6S2/c17-11-4-2-10(3-5-11)14-20-12(8-23-14)13-9-24-16(21-13)22-15-18-6-1-7-19-15/h2-5,8-9H,1,6-7,17H2,(H2,18,19,21,22). The number of nitrogens with one attached hydrogen (secondary N) is 2. The summed E-state index contributed by atoms with van der Waals surface area (Å²) in [6, 6.07) is 7.75. The number of nitrogens with zero attached hydrogens (tertiary/aromatic N) is 3. The maximum absolute atomic E-state index is 5.73. The number of hydrogen-bond donors (Lipinski definition) is 3. The first kappa shape index (κ1) is 15.1. The molecule has 0 amide bonds. The third-order valence-corrected chi connectivity index (χ3v) is 5.20. The van der Waals surface area contributed by atoms with Gasteiger partial charge in [-0.3, -0.25) is 4.99 Å². The highest BCUT2D eigenvalue weighted by molar-refractivity contribution is 7.14. The summed E-state index contributed by atoms with van der Waals surface area (Å²) >= 11 is 3.15. The molecule has 122 valence electrons. The Bertz CT molecular complexity index is 865. The lowest BCUT2D eigenvalue weighted by molar-refractivity contribution is 0.740. The first-order valence-electron chi connectivity index (χ1n) is 7.60. The van der Waals surface area contributed by atoms with Gasteiger partial charge in [-0.2, -0.15) is 0 Å². The van der Waals surface area contributed by atoms with Crippen LogP contribution in [0.3, 0.4) is 0 Å². The minimum atomic E-state index is 0.755. The van der Waals surface area contributed by atoms with Crippen molar-refractivity contribution >= 4 is 39.5 Å². The molecule has 0 aliphatic carbocycles. The summed E-state index contributed by atoms with van der Waals surface area (Å²) in [5.41, 5.74) is 9.31. The number of hydrogen-bond acceptors (Lipinski definition) is 8. The third kappa shape index (κ3) is 3.24. The van der Waals surface area contributed by atoms with Crippen LogP contribution in [0.5, 0.6) is 0 Å². The van der Waals surface area contributed by atoms with Crippen molar-refractivity contribution in [3.8, 4) is 22.0 Å². The fraction of sp³-hybridized carbons (Fsp3) is 0.188. The molecule has 0 fully saturated rings. The Morgan fingerprint density at radius 2 is 1.83 bits per heavy atom. The molecule has 0 bridgehead atoms. The van der Waals surface area contributed by atoms with Crippen molar-refractivity contribution in [3.05, 3.63) is 35.0 Å². The predicted octanol–water partition coefficient (Wildman–Crippen LogP) is 3.28. The summed E-state index contributed by atoms with van der Waals surface area (Å²) in [4.78, 5) is 13.7. The molecule has 4 rings (SSSR count). The zero-order valence-corrected chi connectivity index (χ0v) is 14.5. The molecule has 0 saturated heterocycles. The second-order valence-corrected chi connectivity index (χ2v) is 7.05. The summed E-state index contributed by atoms with van der Waals surface area (Å²) in [5.74, 6) is 0.794. The molecule has 1 aliphatic rings. The van der Waals surface area contributed by atoms with Gasteiger partial charge >= 0.3 is 0 Å². The molecular formula is C16H16N6S2. The van der Waals surface area contributed by atoms with E-state index in [4.69, 9.17) is 5.73 Å². The van der Waals surface area contributed by atoms with Crippen molar-refractivity contribution in [2.75, 3.05) is 24.1 Å². The van der Waals surface area contributed by atoms with Gasteiger partial charge in [-0.1, -0.05) is 0 Å². The van der Waals surface area contributed by atoms with Crippen LogP contribution in [0.2, 0.25) is 0 Å². The Morgan fingerprint density at radius 1 is 1.04 bits per heavy atom. The quantitative estimate of drug-likeness (QED) is 0.627. The molecule has 8 heteroatoms. The number of anilines is 2. The first-order chi connectivity index (χ1) is 11.8. The van der Waals surface area contributed by atoms with Gasteiger partial charge in [-0.25, -0.2) is 9.97 Å². The van der Waals surface area contributed by atoms with E-state index < -0.39 is 0 Å². The summed E-state index contributed by atoms with van der Waals surface area (Å²) < 4.78 is 0. The Balaban J connectivity index is 1.52. The highest BCUT2D eigenvalue weighted by atomic mass is 32.1. The minimum Gasteiger partial charge on any atom is -0.399 e. The van der Waals surface area contributed by atoms with E-state index in [2.05, 4.69) is 25.6 Å². The van der Waals surface area contributed by atoms with E-state index in [1.165, 1.54) is 0 Å². The van der Waals surface area contributed by atoms with E-state index in [1.807, 2.05) is 35.0 Å². The molecule has 0 radical (unpaired) electrons. The lowest BCUT2D eigenvalue weighted by Crippen LogP contribution is -2.35. The van der Waals surface area contributed by atoms with E-state index in [0.29, 0.717) is 0 Å². The molecule has 1 aliphatic heterocycles. The summed E-state index contributed by atoms with van der Waals surface area (Å²) in [7, 11) is 0. The number of rotatable bonds is 3. The van der Waals surface area contributed by atoms with Gasteiger partial charge in [0, 0.05) is 35.1 Å². The number of benzene rings is 1. The summed E-state index contributed by atoms with van der Waals surface area (Å²) in [5, 5.41) is 12.3. The van der Waals surface area contributed by atoms with E-state index in [9.17, 15) is 0 Å². The monoisotopic (exact) mass is 356 g/mol. The molecule has 4 N–H and O–H groups in total. The largest absolute Gasteiger partial charge is 0.399 e. The first-order valence-corrected chi connectivity index (χ1v) is 9.36. The predicted molar refractivity (Wildman–Crippen MR) is 102 cm³/mol. The van der Waals surface area contributed by atoms with E-state index in [0.717, 1.165) is 58.2 Å². The van der Waals surface area contributed by atoms with Crippen molar-refractivity contribution in [1.29, 1.82) is 0 Å². The van der Waals surface area contributed by atoms with E-state index in [-0.39, 0.29) is 0 Å². The molecule has 2 aromatic heterocycles. The average Bonchev–Trinajstić information content (AvgIpc) is 3.26. The number of aliphatic imine (C=N–C) groups is 1. The Labute approximate surface area is 147 Å². The van der Waals surface area contributed by atoms with Gasteiger partial charge < -0.3 is 16.4 Å². The SMILES string of the molecule is Nc1ccc(-c2nc(-c3csc(NC4=NCCCN4)n3)cs2)cc1. The fourth-order valence-electron chi connectivity index (χ4n) is 2.32. The zero-order chi connectivity index (χ0) is 16.4. The molecule has 24 heavy (non-hydrogen) atoms. The summed E-state index contributed by atoms with van der Waals surface area (Å²) in [6.45, 7) is 1.80. The molecular weight excluding hydrogens is 340 g/mol. The van der Waals surface area contributed by atoms with Gasteiger partial charge in [0.25, 0.3) is 0 Å². The van der Waals surface area contributed by atoms with Crippen molar-refractivity contribution in [3.63, 3.8) is 0 Å². The highest BCUT2D eigenvalue weighted by Gasteiger charge is 2.12. The Hall–Kier alpha value is -2.45. The van der Waals surface area contributed by atoms with Gasteiger partial charge in [0.1, 0.15) is 16.4 Å². The van der Waals surface area contributed by atoms with Crippen LogP contribution in [0, 0.1) is 0 Å². The molecule has 6 nitrogen and oxygen atoms in total. The third-order valence-electron chi connectivity index (χ3n) is 3.55. The molecule has 3 heterocycles. The van der Waals surface area contributed by atoms with E-state index >= 15 is 0 Å². The maximum atomic E-state index is 5.73. The molecule has 3 aromatic rings. The van der Waals surface area contributed by atoms with Crippen LogP contribution >= 0.6 is 22.7 Å². The lowest BCUT2D eigenvalue weighted by atomic mass is 10.2. The van der Waals surface area contributed by atoms with Gasteiger partial charge in [0.15, 0.2) is 11.1 Å². The van der Waals surface area contributed by atoms with Crippen molar-refractivity contribution in [2.24, 2.45) is 4.99 Å². The maximum Gasteiger partial charge on any atom is 0.197 e. The normalized spacial score (nSPS) is 14.1. The van der Waals surface area contributed by atoms with Gasteiger partial charge in [0.05, 0.1) is 0 Å². The topological polar surface area (TPSA) is 88.2 Å². The van der Waals surface area contributed by atoms with Crippen LogP contribution in [0.4, 0.5) is 10.8 Å². The lowest BCUT2D eigenvalue weighted by Gasteiger charge is -2.13. The average molecular weight is 356 g/mol. The van der Waals surface area contributed by atoms with Gasteiger partial charge in [-0.15, -0.1) is 22.7 Å². The zero-order valence-electron chi connectivity index (χ0n) is 12.8. The van der Waals surface area contributed by atoms with Gasteiger partial charge in [0.2, 0.25) is 0 Å². The van der Waals surface area contributed by atoms with Crippen LogP contribution in [-0.2, 0) is 0 Å². The van der Waals surface area contributed by atoms with Crippen LogP contribution in [0.1, 0.15) is 6.42 Å². The number of aromatic nitrogens is 2. The Morgan fingerprint density at radius 3 is 2.62 bits per heavy atom. The highest BCUT2D eigenvalue weighted by Crippen LogP contribution is 2.30. The fourth-order valence-corrected chi connectivity index (χ4v) is 3.84. The number of guanidine groups is 1.